The second kappa shape index (κ2) is 4.76. The van der Waals surface area contributed by atoms with Crippen molar-refractivity contribution < 1.29 is 4.42 Å². The minimum Gasteiger partial charge on any atom is -0.461 e. The molecular formula is C17H12N6O. The first kappa shape index (κ1) is 13.0. The van der Waals surface area contributed by atoms with Crippen LogP contribution in [-0.2, 0) is 0 Å². The summed E-state index contributed by atoms with van der Waals surface area (Å²) in [6, 6.07) is 11.7. The van der Waals surface area contributed by atoms with E-state index in [1.165, 1.54) is 0 Å². The molecule has 0 saturated heterocycles. The SMILES string of the molecule is Cc1ccccc1-n1ncc2c1ncn1nc(-c3ccco3)nc21. The highest BCUT2D eigenvalue weighted by atomic mass is 16.3. The topological polar surface area (TPSA) is 74.0 Å². The predicted molar refractivity (Wildman–Crippen MR) is 87.8 cm³/mol. The Balaban J connectivity index is 1.77. The third-order valence-corrected chi connectivity index (χ3v) is 3.99. The molecule has 0 aliphatic heterocycles. The Kier molecular flexibility index (Phi) is 2.58. The van der Waals surface area contributed by atoms with Gasteiger partial charge in [-0.15, -0.1) is 5.10 Å². The van der Waals surface area contributed by atoms with Crippen LogP contribution in [0.15, 0.2) is 59.6 Å². The van der Waals surface area contributed by atoms with Gasteiger partial charge < -0.3 is 4.42 Å². The standard InChI is InChI=1S/C17H12N6O/c1-11-5-2-3-6-13(11)23-16-12(9-19-23)17-20-15(14-7-4-8-24-14)21-22(17)10-18-16/h2-10H,1H3. The van der Waals surface area contributed by atoms with Crippen LogP contribution in [-0.4, -0.2) is 29.4 Å². The minimum atomic E-state index is 0.526. The first-order chi connectivity index (χ1) is 11.8. The number of benzene rings is 1. The third kappa shape index (κ3) is 1.78. The highest BCUT2D eigenvalue weighted by molar-refractivity contribution is 5.89. The second-order valence-corrected chi connectivity index (χ2v) is 5.51. The summed E-state index contributed by atoms with van der Waals surface area (Å²) in [6.07, 6.45) is 5.02. The summed E-state index contributed by atoms with van der Waals surface area (Å²) in [5, 5.41) is 9.75. The zero-order valence-corrected chi connectivity index (χ0v) is 12.8. The van der Waals surface area contributed by atoms with E-state index in [-0.39, 0.29) is 0 Å². The van der Waals surface area contributed by atoms with Crippen molar-refractivity contribution in [3.05, 3.63) is 60.7 Å². The summed E-state index contributed by atoms with van der Waals surface area (Å²) in [5.41, 5.74) is 3.57. The van der Waals surface area contributed by atoms with Crippen LogP contribution in [0.4, 0.5) is 0 Å². The van der Waals surface area contributed by atoms with Crippen LogP contribution in [0.25, 0.3) is 34.0 Å². The first-order valence-corrected chi connectivity index (χ1v) is 7.50. The van der Waals surface area contributed by atoms with E-state index in [0.29, 0.717) is 17.2 Å². The van der Waals surface area contributed by atoms with Crippen molar-refractivity contribution in [1.29, 1.82) is 0 Å². The lowest BCUT2D eigenvalue weighted by Gasteiger charge is -2.05. The first-order valence-electron chi connectivity index (χ1n) is 7.50. The zero-order valence-electron chi connectivity index (χ0n) is 12.8. The van der Waals surface area contributed by atoms with Crippen molar-refractivity contribution in [1.82, 2.24) is 29.4 Å². The summed E-state index contributed by atoms with van der Waals surface area (Å²) >= 11 is 0. The van der Waals surface area contributed by atoms with Gasteiger partial charge in [-0.05, 0) is 30.7 Å². The molecule has 4 heterocycles. The van der Waals surface area contributed by atoms with Crippen molar-refractivity contribution in [2.45, 2.75) is 6.92 Å². The van der Waals surface area contributed by atoms with Gasteiger partial charge in [0.25, 0.3) is 0 Å². The molecule has 1 aromatic carbocycles. The molecule has 5 rings (SSSR count). The van der Waals surface area contributed by atoms with Crippen LogP contribution in [0, 0.1) is 6.92 Å². The Hall–Kier alpha value is -3.48. The van der Waals surface area contributed by atoms with Gasteiger partial charge in [0.1, 0.15) is 6.33 Å². The van der Waals surface area contributed by atoms with Gasteiger partial charge in [0, 0.05) is 0 Å². The smallest absolute Gasteiger partial charge is 0.217 e. The molecule has 24 heavy (non-hydrogen) atoms. The monoisotopic (exact) mass is 316 g/mol. The van der Waals surface area contributed by atoms with E-state index in [9.17, 15) is 0 Å². The predicted octanol–water partition coefficient (Wildman–Crippen LogP) is 3.03. The van der Waals surface area contributed by atoms with E-state index < -0.39 is 0 Å². The van der Waals surface area contributed by atoms with E-state index in [2.05, 4.69) is 20.2 Å². The van der Waals surface area contributed by atoms with Crippen LogP contribution in [0.3, 0.4) is 0 Å². The molecule has 0 bridgehead atoms. The number of para-hydroxylation sites is 1. The maximum absolute atomic E-state index is 5.37. The summed E-state index contributed by atoms with van der Waals surface area (Å²) < 4.78 is 8.84. The lowest BCUT2D eigenvalue weighted by atomic mass is 10.2. The molecule has 7 nitrogen and oxygen atoms in total. The van der Waals surface area contributed by atoms with Gasteiger partial charge in [-0.3, -0.25) is 0 Å². The van der Waals surface area contributed by atoms with Crippen molar-refractivity contribution in [3.63, 3.8) is 0 Å². The number of aromatic nitrogens is 6. The molecule has 0 unspecified atom stereocenters. The summed E-state index contributed by atoms with van der Waals surface area (Å²) in [6.45, 7) is 2.05. The molecule has 0 amide bonds. The lowest BCUT2D eigenvalue weighted by Crippen LogP contribution is -2.00. The molecule has 0 aliphatic rings. The number of rotatable bonds is 2. The number of hydrogen-bond donors (Lipinski definition) is 0. The van der Waals surface area contributed by atoms with Crippen molar-refractivity contribution in [2.75, 3.05) is 0 Å². The van der Waals surface area contributed by atoms with E-state index in [1.54, 1.807) is 23.3 Å². The van der Waals surface area contributed by atoms with Crippen molar-refractivity contribution in [3.8, 4) is 17.3 Å². The summed E-state index contributed by atoms with van der Waals surface area (Å²) in [4.78, 5) is 9.09. The lowest BCUT2D eigenvalue weighted by molar-refractivity contribution is 0.577. The quantitative estimate of drug-likeness (QED) is 0.500. The number of nitrogens with zero attached hydrogens (tertiary/aromatic N) is 6. The Bertz CT molecular complexity index is 1170. The fourth-order valence-corrected chi connectivity index (χ4v) is 2.81. The van der Waals surface area contributed by atoms with Crippen LogP contribution < -0.4 is 0 Å². The van der Waals surface area contributed by atoms with Crippen LogP contribution >= 0.6 is 0 Å². The highest BCUT2D eigenvalue weighted by Gasteiger charge is 2.15. The molecule has 0 spiro atoms. The van der Waals surface area contributed by atoms with Gasteiger partial charge in [0.2, 0.25) is 5.82 Å². The number of aryl methyl sites for hydroxylation is 1. The molecule has 5 aromatic rings. The molecule has 116 valence electrons. The molecule has 0 fully saturated rings. The largest absolute Gasteiger partial charge is 0.461 e. The molecular weight excluding hydrogens is 304 g/mol. The zero-order chi connectivity index (χ0) is 16.1. The van der Waals surface area contributed by atoms with Crippen LogP contribution in [0.2, 0.25) is 0 Å². The average molecular weight is 316 g/mol. The molecule has 0 N–H and O–H groups in total. The highest BCUT2D eigenvalue weighted by Crippen LogP contribution is 2.23. The van der Waals surface area contributed by atoms with Crippen molar-refractivity contribution >= 4 is 16.7 Å². The Morgan fingerprint density at radius 2 is 1.96 bits per heavy atom. The van der Waals surface area contributed by atoms with Crippen LogP contribution in [0.1, 0.15) is 5.56 Å². The molecule has 0 atom stereocenters. The Morgan fingerprint density at radius 1 is 1.04 bits per heavy atom. The van der Waals surface area contributed by atoms with Gasteiger partial charge in [0.15, 0.2) is 17.1 Å². The minimum absolute atomic E-state index is 0.526. The normalized spacial score (nSPS) is 11.5. The molecule has 0 aliphatic carbocycles. The number of hydrogen-bond acceptors (Lipinski definition) is 5. The number of furan rings is 1. The van der Waals surface area contributed by atoms with Gasteiger partial charge in [-0.2, -0.15) is 5.10 Å². The maximum atomic E-state index is 5.37. The van der Waals surface area contributed by atoms with E-state index in [0.717, 1.165) is 22.3 Å². The van der Waals surface area contributed by atoms with Gasteiger partial charge in [-0.1, -0.05) is 18.2 Å². The fraction of sp³-hybridized carbons (Fsp3) is 0.0588. The summed E-state index contributed by atoms with van der Waals surface area (Å²) in [7, 11) is 0. The third-order valence-electron chi connectivity index (χ3n) is 3.99. The molecule has 0 saturated carbocycles. The van der Waals surface area contributed by atoms with Gasteiger partial charge in [0.05, 0.1) is 23.5 Å². The van der Waals surface area contributed by atoms with E-state index in [1.807, 2.05) is 48.0 Å². The van der Waals surface area contributed by atoms with Crippen LogP contribution in [0.5, 0.6) is 0 Å². The van der Waals surface area contributed by atoms with E-state index in [4.69, 9.17) is 4.42 Å². The second-order valence-electron chi connectivity index (χ2n) is 5.51. The van der Waals surface area contributed by atoms with Gasteiger partial charge in [-0.25, -0.2) is 19.2 Å². The average Bonchev–Trinajstić information content (AvgIpc) is 3.32. The molecule has 4 aromatic heterocycles. The Labute approximate surface area is 136 Å². The van der Waals surface area contributed by atoms with Gasteiger partial charge >= 0.3 is 0 Å². The Morgan fingerprint density at radius 3 is 2.79 bits per heavy atom. The molecule has 7 heteroatoms. The molecule has 0 radical (unpaired) electrons. The van der Waals surface area contributed by atoms with E-state index >= 15 is 0 Å². The van der Waals surface area contributed by atoms with Crippen molar-refractivity contribution in [2.24, 2.45) is 0 Å². The fourth-order valence-electron chi connectivity index (χ4n) is 2.81. The maximum Gasteiger partial charge on any atom is 0.217 e. The number of fused-ring (bicyclic) bond motifs is 3. The summed E-state index contributed by atoms with van der Waals surface area (Å²) in [5.74, 6) is 1.15.